The quantitative estimate of drug-likeness (QED) is 0.0892. The molecule has 0 aliphatic carbocycles. The van der Waals surface area contributed by atoms with E-state index in [4.69, 9.17) is 14.6 Å². The molecule has 0 heterocycles. The lowest BCUT2D eigenvalue weighted by Crippen LogP contribution is -2.39. The van der Waals surface area contributed by atoms with Gasteiger partial charge in [-0.3, -0.25) is 9.59 Å². The van der Waals surface area contributed by atoms with Crippen LogP contribution in [0.1, 0.15) is 130 Å². The number of hydrogen-bond acceptors (Lipinski definition) is 6. The molecule has 0 spiro atoms. The Morgan fingerprint density at radius 2 is 1.09 bits per heavy atom. The highest BCUT2D eigenvalue weighted by atomic mass is 16.6. The zero-order chi connectivity index (χ0) is 25.3. The van der Waals surface area contributed by atoms with Crippen LogP contribution in [0, 0.1) is 5.41 Å². The molecule has 0 aromatic heterocycles. The van der Waals surface area contributed by atoms with E-state index in [1.165, 1.54) is 38.5 Å². The van der Waals surface area contributed by atoms with Gasteiger partial charge in [-0.25, -0.2) is 0 Å². The number of carbonyl (C=O) groups is 2. The fourth-order valence-corrected chi connectivity index (χ4v) is 3.99. The van der Waals surface area contributed by atoms with Crippen molar-refractivity contribution in [1.82, 2.24) is 5.32 Å². The number of unbranched alkanes of at least 4 members (excludes halogenated alkanes) is 13. The molecule has 2 N–H and O–H groups in total. The Labute approximate surface area is 209 Å². The summed E-state index contributed by atoms with van der Waals surface area (Å²) in [5, 5.41) is 12.0. The molecular weight excluding hydrogens is 430 g/mol. The maximum absolute atomic E-state index is 12.9. The molecule has 0 radical (unpaired) electrons. The van der Waals surface area contributed by atoms with Crippen LogP contribution in [-0.2, 0) is 19.1 Å². The van der Waals surface area contributed by atoms with Crippen molar-refractivity contribution in [1.29, 1.82) is 0 Å². The van der Waals surface area contributed by atoms with E-state index in [9.17, 15) is 9.59 Å². The summed E-state index contributed by atoms with van der Waals surface area (Å²) >= 11 is 0. The second-order valence-electron chi connectivity index (χ2n) is 9.78. The molecule has 6 nitrogen and oxygen atoms in total. The van der Waals surface area contributed by atoms with Crippen LogP contribution in [0.4, 0.5) is 0 Å². The second kappa shape index (κ2) is 23.6. The van der Waals surface area contributed by atoms with Crippen molar-refractivity contribution in [3.63, 3.8) is 0 Å². The van der Waals surface area contributed by atoms with Crippen LogP contribution in [0.25, 0.3) is 0 Å². The Morgan fingerprint density at radius 1 is 0.647 bits per heavy atom. The summed E-state index contributed by atoms with van der Waals surface area (Å²) < 4.78 is 11.1. The van der Waals surface area contributed by atoms with Crippen LogP contribution in [-0.4, -0.2) is 50.0 Å². The molecule has 0 unspecified atom stereocenters. The standard InChI is InChI=1S/C28H55NO5/c1-4-6-8-10-14-18-24-33-26(31)28(3,20-16-12-13-17-21-29-22-23-30)27(32)34-25-19-15-11-9-7-5-2/h29-30H,4-25H2,1-3H3. The van der Waals surface area contributed by atoms with E-state index in [-0.39, 0.29) is 6.61 Å². The average Bonchev–Trinajstić information content (AvgIpc) is 2.84. The van der Waals surface area contributed by atoms with Gasteiger partial charge in [0.15, 0.2) is 5.41 Å². The molecule has 0 aliphatic heterocycles. The number of rotatable bonds is 25. The third-order valence-electron chi connectivity index (χ3n) is 6.43. The molecule has 0 atom stereocenters. The Morgan fingerprint density at radius 3 is 1.59 bits per heavy atom. The summed E-state index contributed by atoms with van der Waals surface area (Å²) in [6.45, 7) is 8.49. The minimum atomic E-state index is -1.22. The van der Waals surface area contributed by atoms with Gasteiger partial charge in [0.1, 0.15) is 0 Å². The predicted molar refractivity (Wildman–Crippen MR) is 140 cm³/mol. The maximum Gasteiger partial charge on any atom is 0.323 e. The summed E-state index contributed by atoms with van der Waals surface area (Å²) in [5.74, 6) is -0.864. The van der Waals surface area contributed by atoms with Gasteiger partial charge in [-0.05, 0) is 39.2 Å². The van der Waals surface area contributed by atoms with E-state index in [2.05, 4.69) is 19.2 Å². The van der Waals surface area contributed by atoms with Crippen molar-refractivity contribution in [2.24, 2.45) is 5.41 Å². The summed E-state index contributed by atoms with van der Waals surface area (Å²) in [5.41, 5.74) is -1.22. The van der Waals surface area contributed by atoms with Gasteiger partial charge in [-0.15, -0.1) is 0 Å². The highest BCUT2D eigenvalue weighted by Gasteiger charge is 2.43. The molecule has 0 fully saturated rings. The first-order valence-corrected chi connectivity index (χ1v) is 14.2. The molecule has 0 saturated carbocycles. The number of hydrogen-bond donors (Lipinski definition) is 2. The summed E-state index contributed by atoms with van der Waals surface area (Å²) in [6.07, 6.45) is 17.7. The molecular formula is C28H55NO5. The first-order valence-electron chi connectivity index (χ1n) is 14.2. The van der Waals surface area contributed by atoms with Gasteiger partial charge < -0.3 is 19.9 Å². The van der Waals surface area contributed by atoms with E-state index in [1.54, 1.807) is 6.92 Å². The predicted octanol–water partition coefficient (Wildman–Crippen LogP) is 6.33. The van der Waals surface area contributed by atoms with E-state index < -0.39 is 17.4 Å². The molecule has 34 heavy (non-hydrogen) atoms. The van der Waals surface area contributed by atoms with E-state index in [1.807, 2.05) is 0 Å². The summed E-state index contributed by atoms with van der Waals surface area (Å²) in [4.78, 5) is 25.9. The minimum Gasteiger partial charge on any atom is -0.465 e. The van der Waals surface area contributed by atoms with Crippen LogP contribution in [0.3, 0.4) is 0 Å². The molecule has 0 saturated heterocycles. The number of ether oxygens (including phenoxy) is 2. The van der Waals surface area contributed by atoms with Crippen LogP contribution in [0.15, 0.2) is 0 Å². The third kappa shape index (κ3) is 17.3. The Bertz CT molecular complexity index is 453. The van der Waals surface area contributed by atoms with Gasteiger partial charge >= 0.3 is 11.9 Å². The van der Waals surface area contributed by atoms with Gasteiger partial charge in [0.2, 0.25) is 0 Å². The highest BCUT2D eigenvalue weighted by Crippen LogP contribution is 2.29. The van der Waals surface area contributed by atoms with Crippen LogP contribution >= 0.6 is 0 Å². The number of aliphatic hydroxyl groups is 1. The fraction of sp³-hybridized carbons (Fsp3) is 0.929. The average molecular weight is 486 g/mol. The van der Waals surface area contributed by atoms with Crippen LogP contribution < -0.4 is 5.32 Å². The summed E-state index contributed by atoms with van der Waals surface area (Å²) in [7, 11) is 0. The lowest BCUT2D eigenvalue weighted by atomic mass is 9.84. The molecule has 0 aromatic carbocycles. The molecule has 0 rings (SSSR count). The van der Waals surface area contributed by atoms with Crippen molar-refractivity contribution < 1.29 is 24.2 Å². The first-order chi connectivity index (χ1) is 16.5. The first kappa shape index (κ1) is 32.9. The van der Waals surface area contributed by atoms with Crippen molar-refractivity contribution in [3.05, 3.63) is 0 Å². The highest BCUT2D eigenvalue weighted by molar-refractivity contribution is 5.99. The zero-order valence-corrected chi connectivity index (χ0v) is 22.6. The smallest absolute Gasteiger partial charge is 0.323 e. The van der Waals surface area contributed by atoms with E-state index in [0.29, 0.717) is 26.2 Å². The van der Waals surface area contributed by atoms with Crippen molar-refractivity contribution in [3.8, 4) is 0 Å². The van der Waals surface area contributed by atoms with Gasteiger partial charge in [0, 0.05) is 6.54 Å². The minimum absolute atomic E-state index is 0.153. The second-order valence-corrected chi connectivity index (χ2v) is 9.78. The van der Waals surface area contributed by atoms with Crippen LogP contribution in [0.2, 0.25) is 0 Å². The van der Waals surface area contributed by atoms with Gasteiger partial charge in [0.25, 0.3) is 0 Å². The van der Waals surface area contributed by atoms with Gasteiger partial charge in [-0.2, -0.15) is 0 Å². The molecule has 0 aliphatic rings. The number of aliphatic hydroxyl groups excluding tert-OH is 1. The number of carbonyl (C=O) groups excluding carboxylic acids is 2. The monoisotopic (exact) mass is 485 g/mol. The largest absolute Gasteiger partial charge is 0.465 e. The van der Waals surface area contributed by atoms with Crippen LogP contribution in [0.5, 0.6) is 0 Å². The van der Waals surface area contributed by atoms with Gasteiger partial charge in [-0.1, -0.05) is 97.3 Å². The molecule has 202 valence electrons. The molecule has 0 amide bonds. The molecule has 6 heteroatoms. The number of nitrogens with one attached hydrogen (secondary N) is 1. The van der Waals surface area contributed by atoms with Gasteiger partial charge in [0.05, 0.1) is 19.8 Å². The van der Waals surface area contributed by atoms with E-state index >= 15 is 0 Å². The third-order valence-corrected chi connectivity index (χ3v) is 6.43. The molecule has 0 aromatic rings. The van der Waals surface area contributed by atoms with E-state index in [0.717, 1.165) is 70.8 Å². The van der Waals surface area contributed by atoms with Crippen molar-refractivity contribution >= 4 is 11.9 Å². The SMILES string of the molecule is CCCCCCCCOC(=O)C(C)(CCCCCCNCCO)C(=O)OCCCCCCCC. The normalized spacial score (nSPS) is 11.5. The lowest BCUT2D eigenvalue weighted by Gasteiger charge is -2.25. The Balaban J connectivity index is 4.49. The molecule has 0 bridgehead atoms. The summed E-state index contributed by atoms with van der Waals surface area (Å²) in [6, 6.07) is 0. The topological polar surface area (TPSA) is 84.9 Å². The Kier molecular flexibility index (Phi) is 22.8. The van der Waals surface area contributed by atoms with Crippen molar-refractivity contribution in [2.75, 3.05) is 32.9 Å². The Hall–Kier alpha value is -1.14. The fourth-order valence-electron chi connectivity index (χ4n) is 3.99. The maximum atomic E-state index is 12.9. The zero-order valence-electron chi connectivity index (χ0n) is 22.6. The van der Waals surface area contributed by atoms with Crippen molar-refractivity contribution in [2.45, 2.75) is 130 Å². The number of esters is 2. The lowest BCUT2D eigenvalue weighted by molar-refractivity contribution is -0.172.